The first-order chi connectivity index (χ1) is 22.2. The average Bonchev–Trinajstić information content (AvgIpc) is 3.59. The Labute approximate surface area is 279 Å². The van der Waals surface area contributed by atoms with Crippen molar-refractivity contribution in [2.24, 2.45) is 0 Å². The van der Waals surface area contributed by atoms with E-state index >= 15 is 0 Å². The second kappa shape index (κ2) is 15.4. The monoisotopic (exact) mass is 703 g/mol. The van der Waals surface area contributed by atoms with E-state index in [9.17, 15) is 18.0 Å². The van der Waals surface area contributed by atoms with Crippen LogP contribution in [0.25, 0.3) is 0 Å². The summed E-state index contributed by atoms with van der Waals surface area (Å²) in [4.78, 5) is 30.3. The van der Waals surface area contributed by atoms with Crippen molar-refractivity contribution in [3.05, 3.63) is 125 Å². The summed E-state index contributed by atoms with van der Waals surface area (Å²) in [6, 6.07) is 30.9. The molecule has 0 aromatic heterocycles. The highest BCUT2D eigenvalue weighted by Gasteiger charge is 2.35. The molecule has 0 radical (unpaired) electrons. The van der Waals surface area contributed by atoms with Crippen LogP contribution in [0.5, 0.6) is 5.75 Å². The molecular weight excluding hydrogens is 666 g/mol. The fourth-order valence-electron chi connectivity index (χ4n) is 5.77. The van der Waals surface area contributed by atoms with Gasteiger partial charge in [0.1, 0.15) is 18.3 Å². The molecule has 10 heteroatoms. The van der Waals surface area contributed by atoms with E-state index in [1.165, 1.54) is 24.1 Å². The van der Waals surface area contributed by atoms with E-state index in [-0.39, 0.29) is 35.5 Å². The van der Waals surface area contributed by atoms with E-state index in [0.717, 1.165) is 45.6 Å². The van der Waals surface area contributed by atoms with Crippen molar-refractivity contribution in [1.29, 1.82) is 0 Å². The van der Waals surface area contributed by atoms with Gasteiger partial charge in [0.05, 0.1) is 17.7 Å². The lowest BCUT2D eigenvalue weighted by Gasteiger charge is -2.34. The van der Waals surface area contributed by atoms with Gasteiger partial charge in [-0.15, -0.1) is 0 Å². The lowest BCUT2D eigenvalue weighted by Crippen LogP contribution is -2.54. The minimum absolute atomic E-state index is 0.0420. The maximum Gasteiger partial charge on any atom is 0.264 e. The van der Waals surface area contributed by atoms with Crippen molar-refractivity contribution in [3.8, 4) is 5.75 Å². The quantitative estimate of drug-likeness (QED) is 0.175. The van der Waals surface area contributed by atoms with Crippen LogP contribution < -0.4 is 14.4 Å². The van der Waals surface area contributed by atoms with E-state index in [2.05, 4.69) is 21.2 Å². The van der Waals surface area contributed by atoms with Gasteiger partial charge in [-0.1, -0.05) is 95.5 Å². The zero-order valence-electron chi connectivity index (χ0n) is 25.7. The van der Waals surface area contributed by atoms with Crippen LogP contribution in [0.1, 0.15) is 36.8 Å². The standard InChI is InChI=1S/C36H38BrN3O5S/c1-45-32-19-11-18-31(24-32)40(46(43,44)33-20-6-3-7-21-33)26-35(41)39(25-28-14-10-15-29(37)22-28)34(23-27-12-4-2-5-13-27)36(42)38-30-16-8-9-17-30/h2-7,10-15,18-22,24,30,34H,8-9,16-17,23,25-26H2,1H3,(H,38,42)/t34-/m1/s1. The molecule has 0 aliphatic heterocycles. The third-order valence-electron chi connectivity index (χ3n) is 8.17. The van der Waals surface area contributed by atoms with Crippen LogP contribution in [-0.2, 0) is 32.6 Å². The number of nitrogens with one attached hydrogen (secondary N) is 1. The molecule has 0 bridgehead atoms. The summed E-state index contributed by atoms with van der Waals surface area (Å²) in [6.45, 7) is -0.425. The van der Waals surface area contributed by atoms with Gasteiger partial charge in [-0.2, -0.15) is 0 Å². The number of nitrogens with zero attached hydrogens (tertiary/aromatic N) is 2. The molecule has 1 saturated carbocycles. The maximum absolute atomic E-state index is 14.6. The second-order valence-corrected chi connectivity index (χ2v) is 14.2. The third kappa shape index (κ3) is 8.35. The molecule has 1 fully saturated rings. The molecule has 240 valence electrons. The topological polar surface area (TPSA) is 96.0 Å². The van der Waals surface area contributed by atoms with Gasteiger partial charge in [-0.05, 0) is 60.4 Å². The Morgan fingerprint density at radius 2 is 1.52 bits per heavy atom. The van der Waals surface area contributed by atoms with Gasteiger partial charge >= 0.3 is 0 Å². The predicted molar refractivity (Wildman–Crippen MR) is 183 cm³/mol. The van der Waals surface area contributed by atoms with E-state index < -0.39 is 28.5 Å². The van der Waals surface area contributed by atoms with Gasteiger partial charge in [0.15, 0.2) is 0 Å². The van der Waals surface area contributed by atoms with Gasteiger partial charge in [0.2, 0.25) is 11.8 Å². The van der Waals surface area contributed by atoms with Crippen LogP contribution >= 0.6 is 15.9 Å². The number of carbonyl (C=O) groups excluding carboxylic acids is 2. The van der Waals surface area contributed by atoms with E-state index in [1.807, 2.05) is 54.6 Å². The molecular formula is C36H38BrN3O5S. The molecule has 46 heavy (non-hydrogen) atoms. The van der Waals surface area contributed by atoms with Gasteiger partial charge < -0.3 is 15.0 Å². The minimum atomic E-state index is -4.19. The van der Waals surface area contributed by atoms with Crippen molar-refractivity contribution in [2.45, 2.75) is 55.6 Å². The number of ether oxygens (including phenoxy) is 1. The Bertz CT molecular complexity index is 1730. The number of carbonyl (C=O) groups is 2. The average molecular weight is 705 g/mol. The van der Waals surface area contributed by atoms with Crippen LogP contribution in [0.4, 0.5) is 5.69 Å². The van der Waals surface area contributed by atoms with Crippen molar-refractivity contribution in [3.63, 3.8) is 0 Å². The number of hydrogen-bond donors (Lipinski definition) is 1. The van der Waals surface area contributed by atoms with Crippen LogP contribution in [0, 0.1) is 0 Å². The summed E-state index contributed by atoms with van der Waals surface area (Å²) in [6.07, 6.45) is 4.14. The molecule has 0 saturated heterocycles. The fourth-order valence-corrected chi connectivity index (χ4v) is 7.64. The van der Waals surface area contributed by atoms with Crippen LogP contribution in [-0.4, -0.2) is 50.9 Å². The Hall–Kier alpha value is -4.15. The first-order valence-corrected chi connectivity index (χ1v) is 17.6. The van der Waals surface area contributed by atoms with Gasteiger partial charge in [-0.25, -0.2) is 8.42 Å². The number of anilines is 1. The molecule has 0 spiro atoms. The first-order valence-electron chi connectivity index (χ1n) is 15.3. The number of benzene rings is 4. The molecule has 1 aliphatic carbocycles. The molecule has 1 N–H and O–H groups in total. The van der Waals surface area contributed by atoms with Gasteiger partial charge in [-0.3, -0.25) is 13.9 Å². The van der Waals surface area contributed by atoms with Crippen LogP contribution in [0.15, 0.2) is 119 Å². The van der Waals surface area contributed by atoms with Gasteiger partial charge in [0, 0.05) is 29.5 Å². The molecule has 0 heterocycles. The van der Waals surface area contributed by atoms with Gasteiger partial charge in [0.25, 0.3) is 10.0 Å². The Kier molecular flexibility index (Phi) is 11.1. The molecule has 4 aromatic rings. The Morgan fingerprint density at radius 3 is 2.20 bits per heavy atom. The summed E-state index contributed by atoms with van der Waals surface area (Å²) < 4.78 is 35.6. The molecule has 1 aliphatic rings. The van der Waals surface area contributed by atoms with Crippen molar-refractivity contribution in [2.75, 3.05) is 18.0 Å². The Morgan fingerprint density at radius 1 is 0.870 bits per heavy atom. The number of methoxy groups -OCH3 is 1. The van der Waals surface area contributed by atoms with Crippen molar-refractivity contribution < 1.29 is 22.7 Å². The lowest BCUT2D eigenvalue weighted by atomic mass is 10.0. The first kappa shape index (κ1) is 33.2. The second-order valence-electron chi connectivity index (χ2n) is 11.4. The van der Waals surface area contributed by atoms with Crippen molar-refractivity contribution in [1.82, 2.24) is 10.2 Å². The number of sulfonamides is 1. The zero-order valence-corrected chi connectivity index (χ0v) is 28.1. The third-order valence-corrected chi connectivity index (χ3v) is 10.4. The fraction of sp³-hybridized carbons (Fsp3) is 0.278. The Balaban J connectivity index is 1.57. The minimum Gasteiger partial charge on any atom is -0.497 e. The van der Waals surface area contributed by atoms with E-state index in [1.54, 1.807) is 42.5 Å². The summed E-state index contributed by atoms with van der Waals surface area (Å²) in [5.74, 6) is -0.315. The summed E-state index contributed by atoms with van der Waals surface area (Å²) >= 11 is 3.52. The highest BCUT2D eigenvalue weighted by molar-refractivity contribution is 9.10. The summed E-state index contributed by atoms with van der Waals surface area (Å²) in [5, 5.41) is 3.20. The molecule has 1 atom stereocenters. The highest BCUT2D eigenvalue weighted by Crippen LogP contribution is 2.28. The van der Waals surface area contributed by atoms with E-state index in [0.29, 0.717) is 5.75 Å². The SMILES string of the molecule is COc1cccc(N(CC(=O)N(Cc2cccc(Br)c2)[C@H](Cc2ccccc2)C(=O)NC2CCCC2)S(=O)(=O)c2ccccc2)c1. The molecule has 0 unspecified atom stereocenters. The largest absolute Gasteiger partial charge is 0.497 e. The normalized spacial score (nSPS) is 14.0. The summed E-state index contributed by atoms with van der Waals surface area (Å²) in [7, 11) is -2.69. The highest BCUT2D eigenvalue weighted by atomic mass is 79.9. The molecule has 2 amide bonds. The van der Waals surface area contributed by atoms with Crippen molar-refractivity contribution >= 4 is 43.5 Å². The van der Waals surface area contributed by atoms with E-state index in [4.69, 9.17) is 4.74 Å². The molecule has 5 rings (SSSR count). The molecule has 4 aromatic carbocycles. The predicted octanol–water partition coefficient (Wildman–Crippen LogP) is 6.35. The number of amides is 2. The number of halogens is 1. The zero-order chi connectivity index (χ0) is 32.5. The smallest absolute Gasteiger partial charge is 0.264 e. The lowest BCUT2D eigenvalue weighted by molar-refractivity contribution is -0.140. The number of rotatable bonds is 13. The number of hydrogen-bond acceptors (Lipinski definition) is 5. The van der Waals surface area contributed by atoms with Crippen LogP contribution in [0.2, 0.25) is 0 Å². The van der Waals surface area contributed by atoms with Crippen LogP contribution in [0.3, 0.4) is 0 Å². The maximum atomic E-state index is 14.6. The summed E-state index contributed by atoms with van der Waals surface area (Å²) in [5.41, 5.74) is 1.96. The molecule has 8 nitrogen and oxygen atoms in total.